The van der Waals surface area contributed by atoms with Gasteiger partial charge in [-0.25, -0.2) is 0 Å². The largest absolute Gasteiger partial charge is 0.508 e. The maximum absolute atomic E-state index is 9.63. The summed E-state index contributed by atoms with van der Waals surface area (Å²) >= 11 is 0. The zero-order valence-corrected chi connectivity index (χ0v) is 7.66. The lowest BCUT2D eigenvalue weighted by atomic mass is 9.82. The van der Waals surface area contributed by atoms with Crippen molar-refractivity contribution in [1.29, 1.82) is 0 Å². The maximum atomic E-state index is 9.63. The van der Waals surface area contributed by atoms with Crippen LogP contribution < -0.4 is 5.73 Å². The molecule has 1 aliphatic carbocycles. The van der Waals surface area contributed by atoms with E-state index in [0.717, 1.165) is 24.8 Å². The van der Waals surface area contributed by atoms with E-state index in [-0.39, 0.29) is 0 Å². The Kier molecular flexibility index (Phi) is 2.23. The van der Waals surface area contributed by atoms with Crippen LogP contribution >= 0.6 is 0 Å². The van der Waals surface area contributed by atoms with Gasteiger partial charge in [-0.3, -0.25) is 0 Å². The number of benzene rings is 1. The van der Waals surface area contributed by atoms with Gasteiger partial charge in [0, 0.05) is 0 Å². The number of nitrogens with two attached hydrogens (primary N) is 1. The van der Waals surface area contributed by atoms with Gasteiger partial charge in [-0.15, -0.1) is 0 Å². The van der Waals surface area contributed by atoms with Crippen LogP contribution in [0.25, 0.3) is 0 Å². The quantitative estimate of drug-likeness (QED) is 0.686. The molecule has 1 aromatic carbocycles. The summed E-state index contributed by atoms with van der Waals surface area (Å²) in [5.41, 5.74) is 8.06. The fraction of sp³-hybridized carbons (Fsp3) is 0.455. The normalized spacial score (nSPS) is 21.2. The van der Waals surface area contributed by atoms with Crippen molar-refractivity contribution in [2.45, 2.75) is 25.2 Å². The second-order valence-corrected chi connectivity index (χ2v) is 3.67. The summed E-state index contributed by atoms with van der Waals surface area (Å²) in [5, 5.41) is 9.63. The first-order chi connectivity index (χ1) is 6.33. The monoisotopic (exact) mass is 177 g/mol. The van der Waals surface area contributed by atoms with Crippen LogP contribution in [0.4, 0.5) is 0 Å². The van der Waals surface area contributed by atoms with Crippen molar-refractivity contribution in [3.05, 3.63) is 29.3 Å². The molecule has 70 valence electrons. The van der Waals surface area contributed by atoms with E-state index in [1.807, 2.05) is 6.07 Å². The summed E-state index contributed by atoms with van der Waals surface area (Å²) in [6.07, 6.45) is 3.30. The summed E-state index contributed by atoms with van der Waals surface area (Å²) < 4.78 is 0. The van der Waals surface area contributed by atoms with Crippen LogP contribution in [0.3, 0.4) is 0 Å². The molecule has 2 heteroatoms. The first kappa shape index (κ1) is 8.57. The van der Waals surface area contributed by atoms with E-state index in [4.69, 9.17) is 5.73 Å². The highest BCUT2D eigenvalue weighted by atomic mass is 16.3. The van der Waals surface area contributed by atoms with Gasteiger partial charge in [-0.05, 0) is 48.9 Å². The van der Waals surface area contributed by atoms with Gasteiger partial charge < -0.3 is 10.8 Å². The number of phenols is 1. The fourth-order valence-electron chi connectivity index (χ4n) is 2.17. The molecular weight excluding hydrogens is 162 g/mol. The molecule has 0 saturated carbocycles. The SMILES string of the molecule is NC[C@@H]1CCCc2c(O)cccc21. The Bertz CT molecular complexity index is 309. The highest BCUT2D eigenvalue weighted by Gasteiger charge is 2.20. The first-order valence-corrected chi connectivity index (χ1v) is 4.83. The van der Waals surface area contributed by atoms with Gasteiger partial charge in [-0.2, -0.15) is 0 Å². The predicted molar refractivity (Wildman–Crippen MR) is 52.8 cm³/mol. The topological polar surface area (TPSA) is 46.2 Å². The standard InChI is InChI=1S/C11H15NO/c12-7-8-3-1-5-10-9(8)4-2-6-11(10)13/h2,4,6,8,13H,1,3,5,7,12H2/t8-/m0/s1. The van der Waals surface area contributed by atoms with Gasteiger partial charge in [0.25, 0.3) is 0 Å². The molecular formula is C11H15NO. The van der Waals surface area contributed by atoms with Crippen LogP contribution in [0.5, 0.6) is 5.75 Å². The van der Waals surface area contributed by atoms with Gasteiger partial charge in [0.2, 0.25) is 0 Å². The van der Waals surface area contributed by atoms with Crippen LogP contribution in [0.2, 0.25) is 0 Å². The molecule has 3 N–H and O–H groups in total. The summed E-state index contributed by atoms with van der Waals surface area (Å²) in [6, 6.07) is 5.76. The number of hydrogen-bond acceptors (Lipinski definition) is 2. The Hall–Kier alpha value is -1.02. The maximum Gasteiger partial charge on any atom is 0.119 e. The third kappa shape index (κ3) is 1.42. The molecule has 1 atom stereocenters. The van der Waals surface area contributed by atoms with E-state index in [0.29, 0.717) is 18.2 Å². The summed E-state index contributed by atoms with van der Waals surface area (Å²) in [7, 11) is 0. The third-order valence-electron chi connectivity index (χ3n) is 2.89. The van der Waals surface area contributed by atoms with Gasteiger partial charge in [0.05, 0.1) is 0 Å². The summed E-state index contributed by atoms with van der Waals surface area (Å²) in [5.74, 6) is 0.895. The minimum Gasteiger partial charge on any atom is -0.508 e. The Morgan fingerprint density at radius 3 is 3.08 bits per heavy atom. The lowest BCUT2D eigenvalue weighted by Crippen LogP contribution is -2.18. The van der Waals surface area contributed by atoms with E-state index in [9.17, 15) is 5.11 Å². The third-order valence-corrected chi connectivity index (χ3v) is 2.89. The minimum absolute atomic E-state index is 0.440. The second kappa shape index (κ2) is 3.38. The number of hydrogen-bond donors (Lipinski definition) is 2. The van der Waals surface area contributed by atoms with E-state index in [2.05, 4.69) is 6.07 Å². The molecule has 0 fully saturated rings. The molecule has 0 aliphatic heterocycles. The zero-order valence-electron chi connectivity index (χ0n) is 7.66. The van der Waals surface area contributed by atoms with Crippen molar-refractivity contribution in [3.63, 3.8) is 0 Å². The molecule has 0 radical (unpaired) electrons. The Morgan fingerprint density at radius 2 is 2.31 bits per heavy atom. The number of aromatic hydroxyl groups is 1. The van der Waals surface area contributed by atoms with Crippen molar-refractivity contribution < 1.29 is 5.11 Å². The molecule has 1 aliphatic rings. The van der Waals surface area contributed by atoms with Gasteiger partial charge >= 0.3 is 0 Å². The van der Waals surface area contributed by atoms with Crippen molar-refractivity contribution in [1.82, 2.24) is 0 Å². The highest BCUT2D eigenvalue weighted by Crippen LogP contribution is 2.35. The molecule has 0 saturated heterocycles. The zero-order chi connectivity index (χ0) is 9.26. The fourth-order valence-corrected chi connectivity index (χ4v) is 2.17. The Labute approximate surface area is 78.4 Å². The van der Waals surface area contributed by atoms with Crippen molar-refractivity contribution in [2.24, 2.45) is 5.73 Å². The van der Waals surface area contributed by atoms with Crippen LogP contribution in [0.15, 0.2) is 18.2 Å². The second-order valence-electron chi connectivity index (χ2n) is 3.67. The predicted octanol–water partition coefficient (Wildman–Crippen LogP) is 1.77. The van der Waals surface area contributed by atoms with Crippen molar-refractivity contribution in [3.8, 4) is 5.75 Å². The first-order valence-electron chi connectivity index (χ1n) is 4.83. The number of rotatable bonds is 1. The summed E-state index contributed by atoms with van der Waals surface area (Å²) in [6.45, 7) is 0.691. The van der Waals surface area contributed by atoms with E-state index in [1.54, 1.807) is 6.07 Å². The molecule has 0 spiro atoms. The Morgan fingerprint density at radius 1 is 1.46 bits per heavy atom. The Balaban J connectivity index is 2.45. The molecule has 0 heterocycles. The van der Waals surface area contributed by atoms with Gasteiger partial charge in [-0.1, -0.05) is 12.1 Å². The van der Waals surface area contributed by atoms with E-state index in [1.165, 1.54) is 5.56 Å². The molecule has 1 aromatic rings. The molecule has 0 unspecified atom stereocenters. The van der Waals surface area contributed by atoms with Crippen LogP contribution in [0.1, 0.15) is 29.9 Å². The van der Waals surface area contributed by atoms with Gasteiger partial charge in [0.15, 0.2) is 0 Å². The molecule has 0 aromatic heterocycles. The average Bonchev–Trinajstić information content (AvgIpc) is 2.18. The smallest absolute Gasteiger partial charge is 0.119 e. The van der Waals surface area contributed by atoms with Crippen molar-refractivity contribution in [2.75, 3.05) is 6.54 Å². The highest BCUT2D eigenvalue weighted by molar-refractivity contribution is 5.42. The van der Waals surface area contributed by atoms with Crippen LogP contribution in [0, 0.1) is 0 Å². The lowest BCUT2D eigenvalue weighted by Gasteiger charge is -2.24. The molecule has 13 heavy (non-hydrogen) atoms. The number of phenolic OH excluding ortho intramolecular Hbond substituents is 1. The molecule has 2 nitrogen and oxygen atoms in total. The molecule has 2 rings (SSSR count). The van der Waals surface area contributed by atoms with Gasteiger partial charge in [0.1, 0.15) is 5.75 Å². The minimum atomic E-state index is 0.440. The molecule has 0 bridgehead atoms. The molecule has 0 amide bonds. The number of fused-ring (bicyclic) bond motifs is 1. The lowest BCUT2D eigenvalue weighted by molar-refractivity contribution is 0.454. The van der Waals surface area contributed by atoms with E-state index >= 15 is 0 Å². The average molecular weight is 177 g/mol. The van der Waals surface area contributed by atoms with Crippen molar-refractivity contribution >= 4 is 0 Å². The van der Waals surface area contributed by atoms with Crippen LogP contribution in [-0.4, -0.2) is 11.7 Å². The van der Waals surface area contributed by atoms with Crippen LogP contribution in [-0.2, 0) is 6.42 Å². The van der Waals surface area contributed by atoms with E-state index < -0.39 is 0 Å². The summed E-state index contributed by atoms with van der Waals surface area (Å²) in [4.78, 5) is 0.